The summed E-state index contributed by atoms with van der Waals surface area (Å²) in [7, 11) is 1.80. The van der Waals surface area contributed by atoms with Crippen molar-refractivity contribution in [2.75, 3.05) is 39.9 Å². The zero-order chi connectivity index (χ0) is 17.5. The topological polar surface area (TPSA) is 45.8 Å². The minimum Gasteiger partial charge on any atom is -0.373 e. The van der Waals surface area contributed by atoms with Crippen LogP contribution in [0.15, 0.2) is 30.3 Å². The van der Waals surface area contributed by atoms with E-state index < -0.39 is 5.72 Å². The van der Waals surface area contributed by atoms with Crippen LogP contribution in [0.2, 0.25) is 0 Å². The highest BCUT2D eigenvalue weighted by atomic mass is 16.6. The highest BCUT2D eigenvalue weighted by molar-refractivity contribution is 5.19. The van der Waals surface area contributed by atoms with Crippen molar-refractivity contribution in [3.63, 3.8) is 0 Å². The summed E-state index contributed by atoms with van der Waals surface area (Å²) in [5, 5.41) is 7.30. The molecule has 0 aliphatic carbocycles. The fourth-order valence-electron chi connectivity index (χ4n) is 3.97. The van der Waals surface area contributed by atoms with Crippen molar-refractivity contribution >= 4 is 0 Å². The molecule has 1 aromatic rings. The molecule has 2 fully saturated rings. The van der Waals surface area contributed by atoms with Gasteiger partial charge in [0.25, 0.3) is 0 Å². The first-order valence-corrected chi connectivity index (χ1v) is 9.55. The number of nitrogens with one attached hydrogen (secondary N) is 2. The number of nitrogens with zero attached hydrogens (tertiary/aromatic N) is 1. The van der Waals surface area contributed by atoms with E-state index in [1.165, 1.54) is 5.56 Å². The lowest BCUT2D eigenvalue weighted by atomic mass is 9.96. The van der Waals surface area contributed by atoms with Gasteiger partial charge >= 0.3 is 0 Å². The molecule has 2 aliphatic heterocycles. The predicted octanol–water partition coefficient (Wildman–Crippen LogP) is 2.32. The molecule has 3 atom stereocenters. The number of likely N-dealkylation sites (tertiary alicyclic amines) is 1. The summed E-state index contributed by atoms with van der Waals surface area (Å²) in [6.07, 6.45) is 5.69. The van der Waals surface area contributed by atoms with Gasteiger partial charge in [-0.1, -0.05) is 30.3 Å². The van der Waals surface area contributed by atoms with E-state index in [1.807, 2.05) is 6.92 Å². The lowest BCUT2D eigenvalue weighted by Gasteiger charge is -2.48. The molecule has 2 aliphatic rings. The van der Waals surface area contributed by atoms with E-state index in [1.54, 1.807) is 7.11 Å². The number of benzene rings is 1. The molecule has 0 amide bonds. The van der Waals surface area contributed by atoms with Crippen LogP contribution >= 0.6 is 0 Å². The highest BCUT2D eigenvalue weighted by Gasteiger charge is 2.44. The van der Waals surface area contributed by atoms with Crippen molar-refractivity contribution in [3.05, 3.63) is 42.3 Å². The largest absolute Gasteiger partial charge is 0.373 e. The van der Waals surface area contributed by atoms with Gasteiger partial charge in [-0.05, 0) is 38.3 Å². The molecule has 3 rings (SSSR count). The molecule has 5 heteroatoms. The third kappa shape index (κ3) is 4.41. The third-order valence-corrected chi connectivity index (χ3v) is 5.36. The minimum atomic E-state index is -0.469. The molecular formula is C20H32N3O2. The Bertz CT molecular complexity index is 505. The van der Waals surface area contributed by atoms with Crippen molar-refractivity contribution in [3.8, 4) is 0 Å². The van der Waals surface area contributed by atoms with E-state index in [2.05, 4.69) is 52.3 Å². The molecule has 1 aromatic carbocycles. The molecular weight excluding hydrogens is 314 g/mol. The molecule has 1 radical (unpaired) electrons. The van der Waals surface area contributed by atoms with Gasteiger partial charge in [-0.15, -0.1) is 0 Å². The van der Waals surface area contributed by atoms with Gasteiger partial charge in [0.05, 0.1) is 6.17 Å². The summed E-state index contributed by atoms with van der Waals surface area (Å²) in [5.41, 5.74) is 0.817. The number of piperidine rings is 2. The van der Waals surface area contributed by atoms with Crippen LogP contribution in [0.1, 0.15) is 37.9 Å². The Balaban J connectivity index is 1.86. The average molecular weight is 346 g/mol. The van der Waals surface area contributed by atoms with Crippen LogP contribution in [-0.2, 0) is 9.47 Å². The Hall–Kier alpha value is -0.980. The van der Waals surface area contributed by atoms with Crippen LogP contribution < -0.4 is 10.6 Å². The normalized spacial score (nSPS) is 29.4. The first-order valence-electron chi connectivity index (χ1n) is 9.55. The van der Waals surface area contributed by atoms with Crippen molar-refractivity contribution in [2.24, 2.45) is 0 Å². The summed E-state index contributed by atoms with van der Waals surface area (Å²) in [6.45, 7) is 6.62. The standard InChI is InChI=1S/C20H32N3O2/c1-3-25-18-16-21-13-12-20(18,24-2)22-19(17-10-6-4-7-11-17)23-14-8-5-9-15-23/h4-7,10-11,18-19,21-22H,3,8-9,12-16H2,1-2H3. The van der Waals surface area contributed by atoms with Gasteiger partial charge in [0.2, 0.25) is 0 Å². The summed E-state index contributed by atoms with van der Waals surface area (Å²) in [4.78, 5) is 2.53. The quantitative estimate of drug-likeness (QED) is 0.742. The molecule has 5 nitrogen and oxygen atoms in total. The number of ether oxygens (including phenoxy) is 2. The molecule has 0 aromatic heterocycles. The summed E-state index contributed by atoms with van der Waals surface area (Å²) in [6, 6.07) is 10.7. The van der Waals surface area contributed by atoms with Gasteiger partial charge in [0, 0.05) is 39.8 Å². The van der Waals surface area contributed by atoms with Gasteiger partial charge in [-0.2, -0.15) is 0 Å². The van der Waals surface area contributed by atoms with Crippen LogP contribution in [0, 0.1) is 6.42 Å². The van der Waals surface area contributed by atoms with E-state index in [0.717, 1.165) is 45.4 Å². The van der Waals surface area contributed by atoms with Crippen molar-refractivity contribution in [1.82, 2.24) is 15.5 Å². The molecule has 2 N–H and O–H groups in total. The molecule has 0 bridgehead atoms. The van der Waals surface area contributed by atoms with E-state index in [0.29, 0.717) is 6.61 Å². The number of rotatable bonds is 7. The first-order chi connectivity index (χ1) is 12.3. The third-order valence-electron chi connectivity index (χ3n) is 5.36. The predicted molar refractivity (Wildman–Crippen MR) is 100 cm³/mol. The SMILES string of the molecule is CCOC1CNCCC1(NC(c1ccccc1)N1CC[CH]CC1)OC. The second-order valence-corrected chi connectivity index (χ2v) is 6.85. The maximum absolute atomic E-state index is 6.08. The molecule has 139 valence electrons. The molecule has 3 unspecified atom stereocenters. The summed E-state index contributed by atoms with van der Waals surface area (Å²) in [5.74, 6) is 0. The Morgan fingerprint density at radius 2 is 2.04 bits per heavy atom. The Labute approximate surface area is 152 Å². The number of hydrogen-bond acceptors (Lipinski definition) is 5. The van der Waals surface area contributed by atoms with Crippen LogP contribution in [0.5, 0.6) is 0 Å². The average Bonchev–Trinajstić information content (AvgIpc) is 2.69. The van der Waals surface area contributed by atoms with E-state index in [-0.39, 0.29) is 12.3 Å². The summed E-state index contributed by atoms with van der Waals surface area (Å²) < 4.78 is 12.1. The maximum Gasteiger partial charge on any atom is 0.149 e. The van der Waals surface area contributed by atoms with Gasteiger partial charge in [-0.3, -0.25) is 10.2 Å². The fourth-order valence-corrected chi connectivity index (χ4v) is 3.97. The van der Waals surface area contributed by atoms with Crippen LogP contribution in [0.25, 0.3) is 0 Å². The smallest absolute Gasteiger partial charge is 0.149 e. The first kappa shape index (κ1) is 18.8. The summed E-state index contributed by atoms with van der Waals surface area (Å²) >= 11 is 0. The van der Waals surface area contributed by atoms with Crippen molar-refractivity contribution in [2.45, 2.75) is 44.2 Å². The zero-order valence-electron chi connectivity index (χ0n) is 15.5. The number of methoxy groups -OCH3 is 1. The monoisotopic (exact) mass is 346 g/mol. The van der Waals surface area contributed by atoms with Crippen LogP contribution in [0.3, 0.4) is 0 Å². The molecule has 25 heavy (non-hydrogen) atoms. The lowest BCUT2D eigenvalue weighted by molar-refractivity contribution is -0.173. The minimum absolute atomic E-state index is 0.00110. The van der Waals surface area contributed by atoms with Gasteiger partial charge in [0.1, 0.15) is 11.8 Å². The Kier molecular flexibility index (Phi) is 6.84. The second-order valence-electron chi connectivity index (χ2n) is 6.85. The second kappa shape index (κ2) is 9.10. The van der Waals surface area contributed by atoms with E-state index in [9.17, 15) is 0 Å². The highest BCUT2D eigenvalue weighted by Crippen LogP contribution is 2.30. The van der Waals surface area contributed by atoms with Crippen LogP contribution in [0.4, 0.5) is 0 Å². The van der Waals surface area contributed by atoms with E-state index in [4.69, 9.17) is 9.47 Å². The molecule has 0 spiro atoms. The zero-order valence-corrected chi connectivity index (χ0v) is 15.5. The fraction of sp³-hybridized carbons (Fsp3) is 0.650. The molecule has 2 heterocycles. The van der Waals surface area contributed by atoms with Gasteiger partial charge < -0.3 is 14.8 Å². The Morgan fingerprint density at radius 1 is 1.28 bits per heavy atom. The van der Waals surface area contributed by atoms with Crippen molar-refractivity contribution in [1.29, 1.82) is 0 Å². The molecule has 2 saturated heterocycles. The number of hydrogen-bond donors (Lipinski definition) is 2. The van der Waals surface area contributed by atoms with E-state index >= 15 is 0 Å². The maximum atomic E-state index is 6.08. The van der Waals surface area contributed by atoms with Gasteiger partial charge in [-0.25, -0.2) is 0 Å². The lowest BCUT2D eigenvalue weighted by Crippen LogP contribution is -2.66. The van der Waals surface area contributed by atoms with Crippen LogP contribution in [-0.4, -0.2) is 56.6 Å². The molecule has 0 saturated carbocycles. The van der Waals surface area contributed by atoms with Crippen molar-refractivity contribution < 1.29 is 9.47 Å². The Morgan fingerprint density at radius 3 is 2.72 bits per heavy atom. The van der Waals surface area contributed by atoms with Gasteiger partial charge in [0.15, 0.2) is 0 Å².